The first-order valence-electron chi connectivity index (χ1n) is 12.8. The highest BCUT2D eigenvalue weighted by Crippen LogP contribution is 2.36. The van der Waals surface area contributed by atoms with Crippen LogP contribution in [-0.2, 0) is 0 Å². The number of ether oxygens (including phenoxy) is 1. The molecule has 38 heavy (non-hydrogen) atoms. The standard InChI is InChI=1S/C29H32FN7O/c1-18(16-37(3)21-6-4-7-21)38-26-13-19(20(14-31)15-32-2)12-25-27(26)29(35-17-34-25)36-24-10-9-23-22(28(24)30)8-5-11-33-23/h5,8-15,17-18,21H,4,6-7,16,31H2,1-3H3,(H,34,35,36)/b20-14+,32-15?. The summed E-state index contributed by atoms with van der Waals surface area (Å²) in [5.74, 6) is 0.631. The van der Waals surface area contributed by atoms with Gasteiger partial charge in [-0.25, -0.2) is 14.4 Å². The summed E-state index contributed by atoms with van der Waals surface area (Å²) in [6.45, 7) is 2.82. The minimum atomic E-state index is -0.399. The number of pyridine rings is 1. The number of rotatable bonds is 9. The molecule has 5 rings (SSSR count). The Hall–Kier alpha value is -4.11. The maximum Gasteiger partial charge on any atom is 0.156 e. The van der Waals surface area contributed by atoms with Crippen molar-refractivity contribution in [3.63, 3.8) is 0 Å². The lowest BCUT2D eigenvalue weighted by Crippen LogP contribution is -2.42. The van der Waals surface area contributed by atoms with Crippen molar-refractivity contribution >= 4 is 45.1 Å². The summed E-state index contributed by atoms with van der Waals surface area (Å²) in [4.78, 5) is 19.7. The number of nitrogens with zero attached hydrogens (tertiary/aromatic N) is 5. The number of hydrogen-bond acceptors (Lipinski definition) is 8. The van der Waals surface area contributed by atoms with Crippen molar-refractivity contribution in [1.82, 2.24) is 19.9 Å². The van der Waals surface area contributed by atoms with Gasteiger partial charge in [0, 0.05) is 49.2 Å². The Labute approximate surface area is 221 Å². The molecule has 2 aromatic heterocycles. The van der Waals surface area contributed by atoms with Gasteiger partial charge in [-0.2, -0.15) is 0 Å². The fourth-order valence-electron chi connectivity index (χ4n) is 4.84. The Morgan fingerprint density at radius 3 is 2.82 bits per heavy atom. The van der Waals surface area contributed by atoms with Crippen LogP contribution < -0.4 is 15.8 Å². The van der Waals surface area contributed by atoms with Crippen molar-refractivity contribution in [3.8, 4) is 5.75 Å². The van der Waals surface area contributed by atoms with E-state index in [9.17, 15) is 0 Å². The van der Waals surface area contributed by atoms with Gasteiger partial charge in [-0.1, -0.05) is 6.42 Å². The van der Waals surface area contributed by atoms with Gasteiger partial charge in [0.05, 0.1) is 22.1 Å². The number of aromatic nitrogens is 3. The van der Waals surface area contributed by atoms with Crippen molar-refractivity contribution in [2.75, 3.05) is 26.0 Å². The van der Waals surface area contributed by atoms with Gasteiger partial charge in [-0.05, 0) is 68.8 Å². The molecule has 2 aromatic carbocycles. The Morgan fingerprint density at radius 2 is 2.08 bits per heavy atom. The number of nitrogens with one attached hydrogen (secondary N) is 1. The molecule has 2 heterocycles. The average molecular weight is 514 g/mol. The van der Waals surface area contributed by atoms with Gasteiger partial charge in [-0.15, -0.1) is 0 Å². The number of anilines is 2. The molecule has 0 aliphatic heterocycles. The summed E-state index contributed by atoms with van der Waals surface area (Å²) in [5.41, 5.74) is 8.97. The van der Waals surface area contributed by atoms with E-state index in [0.717, 1.165) is 17.7 Å². The Bertz CT molecular complexity index is 1520. The molecule has 9 heteroatoms. The predicted octanol–water partition coefficient (Wildman–Crippen LogP) is 5.31. The first-order chi connectivity index (χ1) is 18.5. The highest BCUT2D eigenvalue weighted by atomic mass is 19.1. The molecular formula is C29H32FN7O. The molecule has 0 radical (unpaired) electrons. The minimum absolute atomic E-state index is 0.110. The molecule has 3 N–H and O–H groups in total. The fourth-order valence-corrected chi connectivity index (χ4v) is 4.84. The summed E-state index contributed by atoms with van der Waals surface area (Å²) in [6, 6.07) is 11.3. The van der Waals surface area contributed by atoms with Crippen molar-refractivity contribution in [1.29, 1.82) is 0 Å². The quantitative estimate of drug-likeness (QED) is 0.292. The Balaban J connectivity index is 1.57. The number of allylic oxidation sites excluding steroid dienone is 1. The molecule has 1 unspecified atom stereocenters. The molecular weight excluding hydrogens is 481 g/mol. The van der Waals surface area contributed by atoms with E-state index in [1.54, 1.807) is 43.7 Å². The lowest BCUT2D eigenvalue weighted by atomic mass is 9.92. The van der Waals surface area contributed by atoms with Crippen molar-refractivity contribution in [3.05, 3.63) is 66.5 Å². The maximum atomic E-state index is 15.4. The van der Waals surface area contributed by atoms with Gasteiger partial charge in [0.1, 0.15) is 24.0 Å². The van der Waals surface area contributed by atoms with Crippen molar-refractivity contribution in [2.24, 2.45) is 10.7 Å². The van der Waals surface area contributed by atoms with E-state index in [-0.39, 0.29) is 6.10 Å². The Kier molecular flexibility index (Phi) is 7.46. The van der Waals surface area contributed by atoms with Gasteiger partial charge < -0.3 is 15.8 Å². The molecule has 0 bridgehead atoms. The summed E-state index contributed by atoms with van der Waals surface area (Å²) >= 11 is 0. The number of fused-ring (bicyclic) bond motifs is 2. The van der Waals surface area contributed by atoms with E-state index >= 15 is 4.39 Å². The number of nitrogens with two attached hydrogens (primary N) is 1. The average Bonchev–Trinajstić information content (AvgIpc) is 2.87. The number of hydrogen-bond donors (Lipinski definition) is 2. The maximum absolute atomic E-state index is 15.4. The molecule has 1 aliphatic carbocycles. The molecule has 1 atom stereocenters. The van der Waals surface area contributed by atoms with Crippen LogP contribution in [0.4, 0.5) is 15.9 Å². The van der Waals surface area contributed by atoms with Gasteiger partial charge >= 0.3 is 0 Å². The van der Waals surface area contributed by atoms with Crippen LogP contribution in [0, 0.1) is 5.82 Å². The first kappa shape index (κ1) is 25.5. The van der Waals surface area contributed by atoms with Gasteiger partial charge in [0.25, 0.3) is 0 Å². The van der Waals surface area contributed by atoms with Gasteiger partial charge in [0.2, 0.25) is 0 Å². The number of aliphatic imine (C=N–C) groups is 1. The van der Waals surface area contributed by atoms with Crippen LogP contribution in [0.3, 0.4) is 0 Å². The lowest BCUT2D eigenvalue weighted by Gasteiger charge is -2.36. The van der Waals surface area contributed by atoms with E-state index < -0.39 is 5.82 Å². The topological polar surface area (TPSA) is 102 Å². The fraction of sp³-hybridized carbons (Fsp3) is 0.310. The molecule has 1 aliphatic rings. The largest absolute Gasteiger partial charge is 0.489 e. The zero-order valence-electron chi connectivity index (χ0n) is 21.9. The zero-order valence-corrected chi connectivity index (χ0v) is 21.9. The van der Waals surface area contributed by atoms with E-state index in [2.05, 4.69) is 37.2 Å². The van der Waals surface area contributed by atoms with E-state index in [4.69, 9.17) is 10.5 Å². The van der Waals surface area contributed by atoms with Crippen LogP contribution in [0.15, 0.2) is 60.1 Å². The molecule has 196 valence electrons. The number of benzene rings is 2. The smallest absolute Gasteiger partial charge is 0.156 e. The van der Waals surface area contributed by atoms with Gasteiger partial charge in [-0.3, -0.25) is 14.9 Å². The Morgan fingerprint density at radius 1 is 1.24 bits per heavy atom. The van der Waals surface area contributed by atoms with Crippen LogP contribution >= 0.6 is 0 Å². The minimum Gasteiger partial charge on any atom is -0.489 e. The SMILES string of the molecule is CN=C/C(=C\N)c1cc(OC(C)CN(C)C2CCC2)c2c(Nc3ccc4ncccc4c3F)ncnc2c1. The molecule has 0 spiro atoms. The second kappa shape index (κ2) is 11.1. The molecule has 1 saturated carbocycles. The van der Waals surface area contributed by atoms with Gasteiger partial charge in [0.15, 0.2) is 5.82 Å². The van der Waals surface area contributed by atoms with Crippen molar-refractivity contribution < 1.29 is 9.13 Å². The second-order valence-electron chi connectivity index (χ2n) is 9.68. The van der Waals surface area contributed by atoms with Crippen molar-refractivity contribution in [2.45, 2.75) is 38.3 Å². The summed E-state index contributed by atoms with van der Waals surface area (Å²) < 4.78 is 21.9. The van der Waals surface area contributed by atoms with Crippen LogP contribution in [0.2, 0.25) is 0 Å². The lowest BCUT2D eigenvalue weighted by molar-refractivity contribution is 0.100. The monoisotopic (exact) mass is 513 g/mol. The predicted molar refractivity (Wildman–Crippen MR) is 151 cm³/mol. The van der Waals surface area contributed by atoms with E-state index in [1.165, 1.54) is 31.8 Å². The molecule has 4 aromatic rings. The summed E-state index contributed by atoms with van der Waals surface area (Å²) in [6.07, 6.45) is 9.90. The summed E-state index contributed by atoms with van der Waals surface area (Å²) in [5, 5.41) is 4.26. The molecule has 0 amide bonds. The normalized spacial score (nSPS) is 15.3. The van der Waals surface area contributed by atoms with Crippen LogP contribution in [0.5, 0.6) is 5.75 Å². The molecule has 1 fully saturated rings. The molecule has 8 nitrogen and oxygen atoms in total. The van der Waals surface area contributed by atoms with Crippen LogP contribution in [-0.4, -0.2) is 58.9 Å². The van der Waals surface area contributed by atoms with Crippen LogP contribution in [0.1, 0.15) is 31.7 Å². The second-order valence-corrected chi connectivity index (χ2v) is 9.68. The molecule has 0 saturated heterocycles. The third-order valence-corrected chi connectivity index (χ3v) is 7.03. The van der Waals surface area contributed by atoms with E-state index in [1.807, 2.05) is 19.1 Å². The van der Waals surface area contributed by atoms with Crippen LogP contribution in [0.25, 0.3) is 27.4 Å². The highest BCUT2D eigenvalue weighted by molar-refractivity contribution is 6.11. The number of halogens is 1. The third-order valence-electron chi connectivity index (χ3n) is 7.03. The zero-order chi connectivity index (χ0) is 26.6. The summed E-state index contributed by atoms with van der Waals surface area (Å²) in [7, 11) is 3.83. The first-order valence-corrected chi connectivity index (χ1v) is 12.8. The third kappa shape index (κ3) is 5.15. The number of likely N-dealkylation sites (N-methyl/N-ethyl adjacent to an activating group) is 1. The van der Waals surface area contributed by atoms with E-state index in [0.29, 0.717) is 45.1 Å². The highest BCUT2D eigenvalue weighted by Gasteiger charge is 2.24.